The minimum atomic E-state index is -0.942. The maximum absolute atomic E-state index is 10.4. The Kier molecular flexibility index (Phi) is 4.66. The molecule has 2 aromatic rings. The van der Waals surface area contributed by atoms with Gasteiger partial charge in [-0.25, -0.2) is 4.79 Å². The van der Waals surface area contributed by atoms with Crippen molar-refractivity contribution in [1.29, 1.82) is 0 Å². The van der Waals surface area contributed by atoms with E-state index in [0.717, 1.165) is 35.7 Å². The van der Waals surface area contributed by atoms with Crippen LogP contribution in [0.15, 0.2) is 48.7 Å². The van der Waals surface area contributed by atoms with Gasteiger partial charge in [-0.15, -0.1) is 0 Å². The zero-order valence-corrected chi connectivity index (χ0v) is 11.4. The second kappa shape index (κ2) is 6.66. The van der Waals surface area contributed by atoms with Crippen LogP contribution in [0.2, 0.25) is 0 Å². The molecule has 1 heterocycles. The first-order valence-corrected chi connectivity index (χ1v) is 6.65. The van der Waals surface area contributed by atoms with E-state index in [4.69, 9.17) is 5.11 Å². The van der Waals surface area contributed by atoms with Crippen LogP contribution in [-0.4, -0.2) is 16.1 Å². The van der Waals surface area contributed by atoms with Gasteiger partial charge >= 0.3 is 5.97 Å². The number of carbonyl (C=O) groups is 1. The largest absolute Gasteiger partial charge is 0.478 e. The van der Waals surface area contributed by atoms with Crippen LogP contribution in [0.1, 0.15) is 24.5 Å². The SMILES string of the molecule is CCCc1ccc(-c2ccc(C=CC(=O)O)cc2)nc1. The second-order valence-corrected chi connectivity index (χ2v) is 4.60. The standard InChI is InChI=1S/C17H17NO2/c1-2-3-14-6-10-16(18-12-14)15-8-4-13(5-9-15)7-11-17(19)20/h4-12H,2-3H2,1H3,(H,19,20). The number of aryl methyl sites for hydroxylation is 1. The third kappa shape index (κ3) is 3.79. The maximum atomic E-state index is 10.4. The van der Waals surface area contributed by atoms with Crippen LogP contribution in [0.25, 0.3) is 17.3 Å². The molecule has 0 saturated carbocycles. The van der Waals surface area contributed by atoms with E-state index in [1.165, 1.54) is 5.56 Å². The van der Waals surface area contributed by atoms with Crippen molar-refractivity contribution in [2.45, 2.75) is 19.8 Å². The lowest BCUT2D eigenvalue weighted by molar-refractivity contribution is -0.131. The fourth-order valence-corrected chi connectivity index (χ4v) is 1.96. The Labute approximate surface area is 118 Å². The van der Waals surface area contributed by atoms with Gasteiger partial charge in [0, 0.05) is 17.8 Å². The summed E-state index contributed by atoms with van der Waals surface area (Å²) in [6.45, 7) is 2.15. The highest BCUT2D eigenvalue weighted by atomic mass is 16.4. The molecule has 0 spiro atoms. The zero-order valence-electron chi connectivity index (χ0n) is 11.4. The Morgan fingerprint density at radius 3 is 2.50 bits per heavy atom. The summed E-state index contributed by atoms with van der Waals surface area (Å²) in [5, 5.41) is 8.58. The van der Waals surface area contributed by atoms with Crippen molar-refractivity contribution < 1.29 is 9.90 Å². The van der Waals surface area contributed by atoms with Crippen molar-refractivity contribution in [3.63, 3.8) is 0 Å². The summed E-state index contributed by atoms with van der Waals surface area (Å²) in [6.07, 6.45) is 6.78. The van der Waals surface area contributed by atoms with Gasteiger partial charge in [-0.05, 0) is 29.7 Å². The molecule has 1 N–H and O–H groups in total. The van der Waals surface area contributed by atoms with Crippen LogP contribution in [0.5, 0.6) is 0 Å². The van der Waals surface area contributed by atoms with E-state index in [-0.39, 0.29) is 0 Å². The highest BCUT2D eigenvalue weighted by Crippen LogP contribution is 2.18. The lowest BCUT2D eigenvalue weighted by Gasteiger charge is -2.03. The minimum Gasteiger partial charge on any atom is -0.478 e. The second-order valence-electron chi connectivity index (χ2n) is 4.60. The lowest BCUT2D eigenvalue weighted by Crippen LogP contribution is -1.88. The van der Waals surface area contributed by atoms with Crippen LogP contribution < -0.4 is 0 Å². The van der Waals surface area contributed by atoms with E-state index in [2.05, 4.69) is 18.0 Å². The molecule has 0 aliphatic rings. The van der Waals surface area contributed by atoms with Gasteiger partial charge in [0.15, 0.2) is 0 Å². The van der Waals surface area contributed by atoms with E-state index in [1.54, 1.807) is 6.08 Å². The van der Waals surface area contributed by atoms with Crippen LogP contribution >= 0.6 is 0 Å². The van der Waals surface area contributed by atoms with Gasteiger partial charge in [0.25, 0.3) is 0 Å². The summed E-state index contributed by atoms with van der Waals surface area (Å²) >= 11 is 0. The van der Waals surface area contributed by atoms with Gasteiger partial charge in [-0.1, -0.05) is 43.7 Å². The Balaban J connectivity index is 2.15. The molecule has 20 heavy (non-hydrogen) atoms. The number of hydrogen-bond donors (Lipinski definition) is 1. The molecular formula is C17H17NO2. The Bertz CT molecular complexity index is 598. The van der Waals surface area contributed by atoms with E-state index in [9.17, 15) is 4.79 Å². The normalized spacial score (nSPS) is 10.8. The monoisotopic (exact) mass is 267 g/mol. The summed E-state index contributed by atoms with van der Waals surface area (Å²) in [5.74, 6) is -0.942. The summed E-state index contributed by atoms with van der Waals surface area (Å²) in [6, 6.07) is 11.8. The van der Waals surface area contributed by atoms with Crippen molar-refractivity contribution in [2.75, 3.05) is 0 Å². The third-order valence-corrected chi connectivity index (χ3v) is 2.99. The molecule has 0 radical (unpaired) electrons. The smallest absolute Gasteiger partial charge is 0.328 e. The predicted molar refractivity (Wildman–Crippen MR) is 80.3 cm³/mol. The van der Waals surface area contributed by atoms with Gasteiger partial charge in [-0.3, -0.25) is 4.98 Å². The minimum absolute atomic E-state index is 0.860. The highest BCUT2D eigenvalue weighted by molar-refractivity contribution is 5.85. The molecule has 2 rings (SSSR count). The average Bonchev–Trinajstić information content (AvgIpc) is 2.47. The van der Waals surface area contributed by atoms with Crippen molar-refractivity contribution in [2.24, 2.45) is 0 Å². The van der Waals surface area contributed by atoms with Crippen LogP contribution in [0, 0.1) is 0 Å². The zero-order chi connectivity index (χ0) is 14.4. The van der Waals surface area contributed by atoms with E-state index < -0.39 is 5.97 Å². The van der Waals surface area contributed by atoms with Crippen LogP contribution in [-0.2, 0) is 11.2 Å². The molecule has 3 heteroatoms. The Morgan fingerprint density at radius 2 is 1.95 bits per heavy atom. The van der Waals surface area contributed by atoms with Gasteiger partial charge < -0.3 is 5.11 Å². The summed E-state index contributed by atoms with van der Waals surface area (Å²) in [5.41, 5.74) is 4.06. The molecule has 0 amide bonds. The van der Waals surface area contributed by atoms with Crippen LogP contribution in [0.3, 0.4) is 0 Å². The van der Waals surface area contributed by atoms with Gasteiger partial charge in [0.05, 0.1) is 5.69 Å². The molecule has 102 valence electrons. The van der Waals surface area contributed by atoms with E-state index >= 15 is 0 Å². The molecular weight excluding hydrogens is 250 g/mol. The molecule has 0 fully saturated rings. The number of nitrogens with zero attached hydrogens (tertiary/aromatic N) is 1. The van der Waals surface area contributed by atoms with E-state index in [1.807, 2.05) is 36.5 Å². The third-order valence-electron chi connectivity index (χ3n) is 2.99. The van der Waals surface area contributed by atoms with Crippen LogP contribution in [0.4, 0.5) is 0 Å². The Hall–Kier alpha value is -2.42. The predicted octanol–water partition coefficient (Wildman–Crippen LogP) is 3.80. The molecule has 0 atom stereocenters. The molecule has 1 aromatic heterocycles. The number of aromatic nitrogens is 1. The quantitative estimate of drug-likeness (QED) is 0.838. The number of aliphatic carboxylic acids is 1. The van der Waals surface area contributed by atoms with Crippen molar-refractivity contribution in [3.8, 4) is 11.3 Å². The number of hydrogen-bond acceptors (Lipinski definition) is 2. The number of carboxylic acids is 1. The summed E-state index contributed by atoms with van der Waals surface area (Å²) < 4.78 is 0. The number of pyridine rings is 1. The Morgan fingerprint density at radius 1 is 1.20 bits per heavy atom. The van der Waals surface area contributed by atoms with Crippen molar-refractivity contribution >= 4 is 12.0 Å². The summed E-state index contributed by atoms with van der Waals surface area (Å²) in [4.78, 5) is 14.9. The fraction of sp³-hybridized carbons (Fsp3) is 0.176. The number of carboxylic acid groups (broad SMARTS) is 1. The fourth-order valence-electron chi connectivity index (χ4n) is 1.96. The topological polar surface area (TPSA) is 50.2 Å². The number of rotatable bonds is 5. The highest BCUT2D eigenvalue weighted by Gasteiger charge is 1.99. The first-order chi connectivity index (χ1) is 9.69. The van der Waals surface area contributed by atoms with Gasteiger partial charge in [-0.2, -0.15) is 0 Å². The first-order valence-electron chi connectivity index (χ1n) is 6.65. The molecule has 1 aromatic carbocycles. The molecule has 0 bridgehead atoms. The van der Waals surface area contributed by atoms with Gasteiger partial charge in [0.1, 0.15) is 0 Å². The molecule has 3 nitrogen and oxygen atoms in total. The van der Waals surface area contributed by atoms with Gasteiger partial charge in [0.2, 0.25) is 0 Å². The van der Waals surface area contributed by atoms with E-state index in [0.29, 0.717) is 0 Å². The lowest BCUT2D eigenvalue weighted by atomic mass is 10.1. The molecule has 0 unspecified atom stereocenters. The molecule has 0 aliphatic heterocycles. The average molecular weight is 267 g/mol. The van der Waals surface area contributed by atoms with Crippen molar-refractivity contribution in [3.05, 3.63) is 59.8 Å². The molecule has 0 aliphatic carbocycles. The number of benzene rings is 1. The molecule has 0 saturated heterocycles. The van der Waals surface area contributed by atoms with Crippen molar-refractivity contribution in [1.82, 2.24) is 4.98 Å². The first kappa shape index (κ1) is 14.0. The summed E-state index contributed by atoms with van der Waals surface area (Å²) in [7, 11) is 0. The maximum Gasteiger partial charge on any atom is 0.328 e.